The third kappa shape index (κ3) is 2.86. The summed E-state index contributed by atoms with van der Waals surface area (Å²) in [6.45, 7) is 5.94. The molecular formula is C24H24O3. The predicted molar refractivity (Wildman–Crippen MR) is 105 cm³/mol. The van der Waals surface area contributed by atoms with Gasteiger partial charge in [0.1, 0.15) is 0 Å². The second kappa shape index (κ2) is 5.98. The van der Waals surface area contributed by atoms with E-state index in [-0.39, 0.29) is 22.4 Å². The van der Waals surface area contributed by atoms with Gasteiger partial charge in [-0.1, -0.05) is 38.1 Å². The molecule has 1 spiro atoms. The van der Waals surface area contributed by atoms with Crippen LogP contribution in [0.15, 0.2) is 36.4 Å². The molecule has 2 aromatic carbocycles. The average Bonchev–Trinajstić information content (AvgIpc) is 3.45. The molecule has 0 aliphatic heterocycles. The second-order valence-electron chi connectivity index (χ2n) is 8.73. The minimum atomic E-state index is -0.158. The van der Waals surface area contributed by atoms with Crippen molar-refractivity contribution in [1.29, 1.82) is 0 Å². The molecule has 0 atom stereocenters. The van der Waals surface area contributed by atoms with Gasteiger partial charge in [-0.3, -0.25) is 14.4 Å². The summed E-state index contributed by atoms with van der Waals surface area (Å²) in [5, 5.41) is 0. The van der Waals surface area contributed by atoms with Gasteiger partial charge >= 0.3 is 0 Å². The van der Waals surface area contributed by atoms with Crippen LogP contribution in [0.5, 0.6) is 0 Å². The molecule has 0 heterocycles. The van der Waals surface area contributed by atoms with E-state index in [9.17, 15) is 14.4 Å². The fourth-order valence-electron chi connectivity index (χ4n) is 4.41. The number of benzene rings is 2. The van der Waals surface area contributed by atoms with Crippen molar-refractivity contribution < 1.29 is 14.4 Å². The molecule has 2 aliphatic carbocycles. The number of hydrogen-bond acceptors (Lipinski definition) is 3. The molecule has 0 amide bonds. The Bertz CT molecular complexity index is 960. The van der Waals surface area contributed by atoms with Crippen molar-refractivity contribution in [2.24, 2.45) is 0 Å². The van der Waals surface area contributed by atoms with Crippen LogP contribution in [0, 0.1) is 0 Å². The monoisotopic (exact) mass is 360 g/mol. The summed E-state index contributed by atoms with van der Waals surface area (Å²) in [5.41, 5.74) is 4.72. The molecule has 0 aromatic heterocycles. The van der Waals surface area contributed by atoms with E-state index in [0.717, 1.165) is 32.0 Å². The average molecular weight is 360 g/mol. The molecule has 3 nitrogen and oxygen atoms in total. The Morgan fingerprint density at radius 1 is 0.889 bits per heavy atom. The largest absolute Gasteiger partial charge is 0.298 e. The number of aldehydes is 1. The third-order valence-corrected chi connectivity index (χ3v) is 6.50. The maximum atomic E-state index is 13.1. The van der Waals surface area contributed by atoms with E-state index in [1.165, 1.54) is 18.1 Å². The molecule has 0 N–H and O–H groups in total. The highest BCUT2D eigenvalue weighted by molar-refractivity contribution is 6.13. The van der Waals surface area contributed by atoms with Crippen LogP contribution in [-0.4, -0.2) is 17.9 Å². The molecule has 0 saturated heterocycles. The van der Waals surface area contributed by atoms with Crippen molar-refractivity contribution >= 4 is 17.9 Å². The third-order valence-electron chi connectivity index (χ3n) is 6.50. The smallest absolute Gasteiger partial charge is 0.193 e. The first-order valence-corrected chi connectivity index (χ1v) is 9.57. The quantitative estimate of drug-likeness (QED) is 0.567. The fourth-order valence-corrected chi connectivity index (χ4v) is 4.41. The zero-order chi connectivity index (χ0) is 19.4. The lowest BCUT2D eigenvalue weighted by Gasteiger charge is -2.38. The number of fused-ring (bicyclic) bond motifs is 2. The normalized spacial score (nSPS) is 18.6. The van der Waals surface area contributed by atoms with Gasteiger partial charge in [-0.15, -0.1) is 0 Å². The van der Waals surface area contributed by atoms with Crippen LogP contribution in [0.2, 0.25) is 0 Å². The van der Waals surface area contributed by atoms with Crippen LogP contribution in [-0.2, 0) is 10.8 Å². The van der Waals surface area contributed by atoms with E-state index in [4.69, 9.17) is 0 Å². The van der Waals surface area contributed by atoms with Gasteiger partial charge in [0.2, 0.25) is 0 Å². The summed E-state index contributed by atoms with van der Waals surface area (Å²) in [5.74, 6) is -0.191. The van der Waals surface area contributed by atoms with Crippen molar-refractivity contribution in [1.82, 2.24) is 0 Å². The van der Waals surface area contributed by atoms with Gasteiger partial charge in [0, 0.05) is 22.3 Å². The number of carbonyl (C=O) groups is 3. The zero-order valence-electron chi connectivity index (χ0n) is 16.1. The van der Waals surface area contributed by atoms with Gasteiger partial charge in [0.15, 0.2) is 17.9 Å². The Labute approximate surface area is 159 Å². The maximum Gasteiger partial charge on any atom is 0.193 e. The summed E-state index contributed by atoms with van der Waals surface area (Å²) in [6, 6.07) is 10.6. The van der Waals surface area contributed by atoms with Crippen LogP contribution in [0.25, 0.3) is 0 Å². The Morgan fingerprint density at radius 3 is 2.04 bits per heavy atom. The van der Waals surface area contributed by atoms with Crippen LogP contribution >= 0.6 is 0 Å². The van der Waals surface area contributed by atoms with Crippen molar-refractivity contribution in [2.45, 2.75) is 57.3 Å². The summed E-state index contributed by atoms with van der Waals surface area (Å²) < 4.78 is 0. The Balaban J connectivity index is 1.82. The van der Waals surface area contributed by atoms with Crippen molar-refractivity contribution in [3.05, 3.63) is 69.8 Å². The van der Waals surface area contributed by atoms with Crippen molar-refractivity contribution in [2.75, 3.05) is 0 Å². The van der Waals surface area contributed by atoms with E-state index in [0.29, 0.717) is 22.3 Å². The van der Waals surface area contributed by atoms with E-state index in [1.807, 2.05) is 12.1 Å². The van der Waals surface area contributed by atoms with Crippen LogP contribution in [0.3, 0.4) is 0 Å². The zero-order valence-corrected chi connectivity index (χ0v) is 16.1. The first-order valence-electron chi connectivity index (χ1n) is 9.57. The molecule has 2 aliphatic rings. The Morgan fingerprint density at radius 2 is 1.48 bits per heavy atom. The van der Waals surface area contributed by atoms with E-state index in [1.54, 1.807) is 24.3 Å². The van der Waals surface area contributed by atoms with Crippen LogP contribution in [0.1, 0.15) is 94.2 Å². The predicted octanol–water partition coefficient (Wildman–Crippen LogP) is 5.04. The van der Waals surface area contributed by atoms with Gasteiger partial charge < -0.3 is 0 Å². The molecule has 27 heavy (non-hydrogen) atoms. The summed E-state index contributed by atoms with van der Waals surface area (Å²) >= 11 is 0. The number of carbonyl (C=O) groups excluding carboxylic acids is 3. The molecule has 0 unspecified atom stereocenters. The molecule has 3 heteroatoms. The van der Waals surface area contributed by atoms with Gasteiger partial charge in [-0.2, -0.15) is 0 Å². The Hall–Kier alpha value is -2.55. The van der Waals surface area contributed by atoms with Gasteiger partial charge in [0.05, 0.1) is 0 Å². The molecule has 1 saturated carbocycles. The summed E-state index contributed by atoms with van der Waals surface area (Å²) in [4.78, 5) is 36.4. The maximum absolute atomic E-state index is 13.1. The molecule has 2 aromatic rings. The molecular weight excluding hydrogens is 336 g/mol. The molecule has 0 radical (unpaired) electrons. The van der Waals surface area contributed by atoms with Gasteiger partial charge in [-0.25, -0.2) is 0 Å². The number of hydrogen-bond donors (Lipinski definition) is 0. The highest BCUT2D eigenvalue weighted by Gasteiger charge is 2.50. The summed E-state index contributed by atoms with van der Waals surface area (Å²) in [6.07, 6.45) is 5.38. The lowest BCUT2D eigenvalue weighted by molar-refractivity contribution is 0.101. The number of Topliss-reactive ketones (excluding diaryl/α,β-unsaturated/α-hetero) is 1. The highest BCUT2D eigenvalue weighted by atomic mass is 16.1. The summed E-state index contributed by atoms with van der Waals surface area (Å²) in [7, 11) is 0. The topological polar surface area (TPSA) is 51.2 Å². The van der Waals surface area contributed by atoms with Crippen molar-refractivity contribution in [3.63, 3.8) is 0 Å². The lowest BCUT2D eigenvalue weighted by atomic mass is 9.66. The van der Waals surface area contributed by atoms with E-state index >= 15 is 0 Å². The standard InChI is InChI=1S/C24H24O3/c1-15(26)16-4-6-17(7-5-16)22(27)19-13-21-20(12-18(19)14-25)23(2,3)8-9-24(21)10-11-24/h4-7,12-14H,8-11H2,1-3H3. The van der Waals surface area contributed by atoms with Crippen molar-refractivity contribution in [3.8, 4) is 0 Å². The SMILES string of the molecule is CC(=O)c1ccc(C(=O)c2cc3c(cc2C=O)C(C)(C)CCC32CC2)cc1. The highest BCUT2D eigenvalue weighted by Crippen LogP contribution is 2.59. The minimum absolute atomic E-state index is 0.0195. The lowest BCUT2D eigenvalue weighted by Crippen LogP contribution is -2.30. The first kappa shape index (κ1) is 17.8. The number of ketones is 2. The van der Waals surface area contributed by atoms with E-state index in [2.05, 4.69) is 13.8 Å². The second-order valence-corrected chi connectivity index (χ2v) is 8.73. The first-order chi connectivity index (χ1) is 12.8. The Kier molecular flexibility index (Phi) is 3.95. The molecule has 0 bridgehead atoms. The number of rotatable bonds is 4. The van der Waals surface area contributed by atoms with Gasteiger partial charge in [-0.05, 0) is 66.7 Å². The van der Waals surface area contributed by atoms with Gasteiger partial charge in [0.25, 0.3) is 0 Å². The molecule has 138 valence electrons. The molecule has 1 fully saturated rings. The van der Waals surface area contributed by atoms with Crippen LogP contribution in [0.4, 0.5) is 0 Å². The van der Waals surface area contributed by atoms with Crippen LogP contribution < -0.4 is 0 Å². The molecule has 4 rings (SSSR count). The van der Waals surface area contributed by atoms with E-state index < -0.39 is 0 Å². The minimum Gasteiger partial charge on any atom is -0.298 e. The fraction of sp³-hybridized carbons (Fsp3) is 0.375.